The maximum atomic E-state index is 12.3. The van der Waals surface area contributed by atoms with Crippen LogP contribution in [-0.4, -0.2) is 57.3 Å². The summed E-state index contributed by atoms with van der Waals surface area (Å²) in [5.74, 6) is -0.231. The van der Waals surface area contributed by atoms with Gasteiger partial charge in [-0.15, -0.1) is 0 Å². The number of hydrogen-bond donors (Lipinski definition) is 2. The number of likely N-dealkylation sites (tertiary alicyclic amines) is 1. The lowest BCUT2D eigenvalue weighted by Gasteiger charge is -2.38. The predicted octanol–water partition coefficient (Wildman–Crippen LogP) is 0.313. The molecule has 0 saturated carbocycles. The molecule has 0 bridgehead atoms. The molecule has 0 aliphatic carbocycles. The molecule has 1 saturated heterocycles. The summed E-state index contributed by atoms with van der Waals surface area (Å²) in [6, 6.07) is 0. The molecule has 2 amide bonds. The van der Waals surface area contributed by atoms with Crippen molar-refractivity contribution in [3.8, 4) is 0 Å². The van der Waals surface area contributed by atoms with Crippen molar-refractivity contribution in [2.45, 2.75) is 31.3 Å². The number of carbonyl (C=O) groups excluding carboxylic acids is 2. The Bertz CT molecular complexity index is 596. The second-order valence-electron chi connectivity index (χ2n) is 6.04. The highest BCUT2D eigenvalue weighted by Crippen LogP contribution is 2.26. The average molecular weight is 320 g/mol. The first kappa shape index (κ1) is 17.2. The zero-order chi connectivity index (χ0) is 16.9. The molecule has 7 heteroatoms. The minimum atomic E-state index is -0.984. The number of nitrogens with zero attached hydrogens (tertiary/aromatic N) is 3. The Morgan fingerprint density at radius 3 is 2.96 bits per heavy atom. The van der Waals surface area contributed by atoms with Gasteiger partial charge in [-0.1, -0.05) is 0 Å². The third-order valence-corrected chi connectivity index (χ3v) is 4.11. The predicted molar refractivity (Wildman–Crippen MR) is 86.3 cm³/mol. The molecule has 1 atom stereocenters. The molecule has 0 radical (unpaired) electrons. The van der Waals surface area contributed by atoms with E-state index in [2.05, 4.69) is 10.4 Å². The van der Waals surface area contributed by atoms with Crippen molar-refractivity contribution in [2.24, 2.45) is 7.05 Å². The van der Waals surface area contributed by atoms with E-state index in [0.29, 0.717) is 19.4 Å². The lowest BCUT2D eigenvalue weighted by Crippen LogP contribution is -2.50. The number of β-amino-alcohol motifs (C(OH)–C–C–N with tert-alkyl or cyclic N) is 1. The zero-order valence-corrected chi connectivity index (χ0v) is 13.7. The maximum Gasteiger partial charge on any atom is 0.246 e. The molecule has 0 spiro atoms. The topological polar surface area (TPSA) is 87.5 Å². The summed E-state index contributed by atoms with van der Waals surface area (Å²) >= 11 is 0. The summed E-state index contributed by atoms with van der Waals surface area (Å²) < 4.78 is 1.67. The quantitative estimate of drug-likeness (QED) is 0.765. The van der Waals surface area contributed by atoms with Crippen molar-refractivity contribution in [1.82, 2.24) is 20.0 Å². The molecule has 0 unspecified atom stereocenters. The number of aromatic nitrogens is 2. The Balaban J connectivity index is 1.92. The standard InChI is InChI=1S/C16H24N4O3/c1-17-14(21)6-8-16(23)7-3-9-20(12-16)15(22)5-4-13-10-18-19(2)11-13/h4-5,10-11,23H,3,6-9,12H2,1-2H3,(H,17,21)/b5-4+/t16-/m1/s1. The molecule has 1 aromatic heterocycles. The minimum Gasteiger partial charge on any atom is -0.388 e. The fourth-order valence-electron chi connectivity index (χ4n) is 2.77. The van der Waals surface area contributed by atoms with Crippen LogP contribution in [0.1, 0.15) is 31.2 Å². The summed E-state index contributed by atoms with van der Waals surface area (Å²) in [6.45, 7) is 0.888. The van der Waals surface area contributed by atoms with Crippen molar-refractivity contribution < 1.29 is 14.7 Å². The molecule has 23 heavy (non-hydrogen) atoms. The molecule has 1 aliphatic heterocycles. The Hall–Kier alpha value is -2.15. The van der Waals surface area contributed by atoms with Gasteiger partial charge >= 0.3 is 0 Å². The van der Waals surface area contributed by atoms with Gasteiger partial charge < -0.3 is 15.3 Å². The molecule has 2 N–H and O–H groups in total. The molecular weight excluding hydrogens is 296 g/mol. The van der Waals surface area contributed by atoms with Crippen LogP contribution >= 0.6 is 0 Å². The second kappa shape index (κ2) is 7.41. The molecular formula is C16H24N4O3. The third-order valence-electron chi connectivity index (χ3n) is 4.11. The summed E-state index contributed by atoms with van der Waals surface area (Å²) in [5, 5.41) is 17.2. The van der Waals surface area contributed by atoms with Gasteiger partial charge in [0.25, 0.3) is 0 Å². The van der Waals surface area contributed by atoms with E-state index in [-0.39, 0.29) is 24.8 Å². The number of amides is 2. The number of hydrogen-bond acceptors (Lipinski definition) is 4. The first-order chi connectivity index (χ1) is 10.9. The third kappa shape index (κ3) is 4.92. The Labute approximate surface area is 136 Å². The van der Waals surface area contributed by atoms with Gasteiger partial charge in [-0.25, -0.2) is 0 Å². The number of carbonyl (C=O) groups is 2. The van der Waals surface area contributed by atoms with Gasteiger partial charge in [-0.3, -0.25) is 14.3 Å². The van der Waals surface area contributed by atoms with Crippen LogP contribution < -0.4 is 5.32 Å². The SMILES string of the molecule is CNC(=O)CC[C@]1(O)CCCN(C(=O)/C=C/c2cnn(C)c2)C1. The minimum absolute atomic E-state index is 0.0988. The molecule has 1 fully saturated rings. The van der Waals surface area contributed by atoms with Gasteiger partial charge in [0.1, 0.15) is 0 Å². The summed E-state index contributed by atoms with van der Waals surface area (Å²) in [6.07, 6.45) is 8.69. The Morgan fingerprint density at radius 1 is 1.52 bits per heavy atom. The highest BCUT2D eigenvalue weighted by molar-refractivity contribution is 5.91. The molecule has 0 aromatic carbocycles. The van der Waals surface area contributed by atoms with Crippen molar-refractivity contribution in [2.75, 3.05) is 20.1 Å². The lowest BCUT2D eigenvalue weighted by atomic mass is 9.88. The van der Waals surface area contributed by atoms with Crippen LogP contribution in [0.25, 0.3) is 6.08 Å². The van der Waals surface area contributed by atoms with E-state index < -0.39 is 5.60 Å². The van der Waals surface area contributed by atoms with Crippen molar-refractivity contribution in [3.63, 3.8) is 0 Å². The van der Waals surface area contributed by atoms with E-state index in [4.69, 9.17) is 0 Å². The number of rotatable bonds is 5. The van der Waals surface area contributed by atoms with Crippen LogP contribution in [0.2, 0.25) is 0 Å². The molecule has 2 heterocycles. The number of piperidine rings is 1. The van der Waals surface area contributed by atoms with Gasteiger partial charge in [0.15, 0.2) is 0 Å². The largest absolute Gasteiger partial charge is 0.388 e. The normalized spacial score (nSPS) is 21.6. The number of aliphatic hydroxyl groups is 1. The van der Waals surface area contributed by atoms with E-state index in [1.165, 1.54) is 6.08 Å². The summed E-state index contributed by atoms with van der Waals surface area (Å²) in [5.41, 5.74) is -0.129. The maximum absolute atomic E-state index is 12.3. The van der Waals surface area contributed by atoms with Crippen molar-refractivity contribution >= 4 is 17.9 Å². The molecule has 126 valence electrons. The van der Waals surface area contributed by atoms with Crippen LogP contribution in [0.15, 0.2) is 18.5 Å². The van der Waals surface area contributed by atoms with Gasteiger partial charge in [0.05, 0.1) is 11.8 Å². The van der Waals surface area contributed by atoms with Crippen molar-refractivity contribution in [3.05, 3.63) is 24.0 Å². The fourth-order valence-corrected chi connectivity index (χ4v) is 2.77. The van der Waals surface area contributed by atoms with Crippen molar-refractivity contribution in [1.29, 1.82) is 0 Å². The van der Waals surface area contributed by atoms with Gasteiger partial charge in [0.2, 0.25) is 11.8 Å². The zero-order valence-electron chi connectivity index (χ0n) is 13.7. The second-order valence-corrected chi connectivity index (χ2v) is 6.04. The molecule has 7 nitrogen and oxygen atoms in total. The highest BCUT2D eigenvalue weighted by Gasteiger charge is 2.34. The number of aryl methyl sites for hydroxylation is 1. The van der Waals surface area contributed by atoms with E-state index in [0.717, 1.165) is 12.0 Å². The van der Waals surface area contributed by atoms with E-state index in [9.17, 15) is 14.7 Å². The van der Waals surface area contributed by atoms with E-state index in [1.807, 2.05) is 13.2 Å². The summed E-state index contributed by atoms with van der Waals surface area (Å²) in [7, 11) is 3.39. The Morgan fingerprint density at radius 2 is 2.30 bits per heavy atom. The first-order valence-electron chi connectivity index (χ1n) is 7.80. The lowest BCUT2D eigenvalue weighted by molar-refractivity contribution is -0.134. The fraction of sp³-hybridized carbons (Fsp3) is 0.562. The van der Waals surface area contributed by atoms with Crippen LogP contribution in [0.4, 0.5) is 0 Å². The summed E-state index contributed by atoms with van der Waals surface area (Å²) in [4.78, 5) is 25.3. The Kier molecular flexibility index (Phi) is 5.54. The molecule has 2 rings (SSSR count). The average Bonchev–Trinajstić information content (AvgIpc) is 2.96. The van der Waals surface area contributed by atoms with Crippen LogP contribution in [0, 0.1) is 0 Å². The first-order valence-corrected chi connectivity index (χ1v) is 7.80. The van der Waals surface area contributed by atoms with Crippen LogP contribution in [0.3, 0.4) is 0 Å². The highest BCUT2D eigenvalue weighted by atomic mass is 16.3. The van der Waals surface area contributed by atoms with Gasteiger partial charge in [-0.05, 0) is 25.3 Å². The smallest absolute Gasteiger partial charge is 0.246 e. The van der Waals surface area contributed by atoms with E-state index in [1.54, 1.807) is 28.9 Å². The van der Waals surface area contributed by atoms with Gasteiger partial charge in [-0.2, -0.15) is 5.10 Å². The monoisotopic (exact) mass is 320 g/mol. The van der Waals surface area contributed by atoms with Crippen LogP contribution in [-0.2, 0) is 16.6 Å². The van der Waals surface area contributed by atoms with E-state index >= 15 is 0 Å². The van der Waals surface area contributed by atoms with Crippen LogP contribution in [0.5, 0.6) is 0 Å². The number of nitrogens with one attached hydrogen (secondary N) is 1. The molecule has 1 aromatic rings. The molecule has 1 aliphatic rings. The van der Waals surface area contributed by atoms with Gasteiger partial charge in [0, 0.05) is 51.4 Å².